The molecule has 15 heavy (non-hydrogen) atoms. The Morgan fingerprint density at radius 3 is 2.67 bits per heavy atom. The van der Waals surface area contributed by atoms with Crippen LogP contribution in [0.2, 0.25) is 0 Å². The van der Waals surface area contributed by atoms with Crippen LogP contribution in [0, 0.1) is 18.3 Å². The van der Waals surface area contributed by atoms with E-state index in [4.69, 9.17) is 12.2 Å². The van der Waals surface area contributed by atoms with E-state index in [1.165, 1.54) is 0 Å². The minimum absolute atomic E-state index is 0.0515. The van der Waals surface area contributed by atoms with Crippen LogP contribution in [-0.4, -0.2) is 18.5 Å². The lowest BCUT2D eigenvalue weighted by Gasteiger charge is -2.13. The van der Waals surface area contributed by atoms with Crippen LogP contribution in [0.5, 0.6) is 0 Å². The predicted molar refractivity (Wildman–Crippen MR) is 63.1 cm³/mol. The Bertz CT molecular complexity index is 218. The van der Waals surface area contributed by atoms with Crippen molar-refractivity contribution in [3.63, 3.8) is 0 Å². The highest BCUT2D eigenvalue weighted by molar-refractivity contribution is 5.81. The SMILES string of the molecule is C#CCCCCNC(=O)[C@@H](N)CC(C)C. The maximum absolute atomic E-state index is 11.4. The summed E-state index contributed by atoms with van der Waals surface area (Å²) in [6.07, 6.45) is 8.50. The first-order valence-electron chi connectivity index (χ1n) is 5.54. The molecule has 3 nitrogen and oxygen atoms in total. The van der Waals surface area contributed by atoms with E-state index >= 15 is 0 Å². The molecule has 0 aromatic carbocycles. The summed E-state index contributed by atoms with van der Waals surface area (Å²) in [7, 11) is 0. The van der Waals surface area contributed by atoms with Crippen molar-refractivity contribution in [3.8, 4) is 12.3 Å². The Morgan fingerprint density at radius 2 is 2.13 bits per heavy atom. The number of carbonyl (C=O) groups is 1. The van der Waals surface area contributed by atoms with Crippen LogP contribution in [-0.2, 0) is 4.79 Å². The van der Waals surface area contributed by atoms with Crippen LogP contribution in [0.15, 0.2) is 0 Å². The van der Waals surface area contributed by atoms with E-state index in [-0.39, 0.29) is 11.9 Å². The Balaban J connectivity index is 3.52. The van der Waals surface area contributed by atoms with Gasteiger partial charge in [0.05, 0.1) is 6.04 Å². The van der Waals surface area contributed by atoms with Crippen LogP contribution < -0.4 is 11.1 Å². The second-order valence-corrected chi connectivity index (χ2v) is 4.19. The summed E-state index contributed by atoms with van der Waals surface area (Å²) in [5, 5.41) is 2.81. The molecule has 0 aromatic rings. The van der Waals surface area contributed by atoms with Crippen LogP contribution in [0.3, 0.4) is 0 Å². The lowest BCUT2D eigenvalue weighted by Crippen LogP contribution is -2.41. The third-order valence-corrected chi connectivity index (χ3v) is 2.11. The number of unbranched alkanes of at least 4 members (excludes halogenated alkanes) is 2. The average molecular weight is 210 g/mol. The number of carbonyl (C=O) groups excluding carboxylic acids is 1. The van der Waals surface area contributed by atoms with Gasteiger partial charge in [-0.25, -0.2) is 0 Å². The van der Waals surface area contributed by atoms with E-state index in [2.05, 4.69) is 25.1 Å². The normalized spacial score (nSPS) is 12.2. The maximum Gasteiger partial charge on any atom is 0.236 e. The fourth-order valence-corrected chi connectivity index (χ4v) is 1.31. The fourth-order valence-electron chi connectivity index (χ4n) is 1.31. The minimum Gasteiger partial charge on any atom is -0.355 e. The van der Waals surface area contributed by atoms with Gasteiger partial charge < -0.3 is 11.1 Å². The van der Waals surface area contributed by atoms with Gasteiger partial charge in [-0.2, -0.15) is 0 Å². The molecule has 0 saturated heterocycles. The van der Waals surface area contributed by atoms with Gasteiger partial charge in [0, 0.05) is 13.0 Å². The van der Waals surface area contributed by atoms with E-state index in [1.807, 2.05) is 0 Å². The lowest BCUT2D eigenvalue weighted by molar-refractivity contribution is -0.122. The monoisotopic (exact) mass is 210 g/mol. The number of amides is 1. The second-order valence-electron chi connectivity index (χ2n) is 4.19. The van der Waals surface area contributed by atoms with E-state index in [0.717, 1.165) is 25.7 Å². The molecular formula is C12H22N2O. The summed E-state index contributed by atoms with van der Waals surface area (Å²) >= 11 is 0. The van der Waals surface area contributed by atoms with Crippen molar-refractivity contribution < 1.29 is 4.79 Å². The van der Waals surface area contributed by atoms with Gasteiger partial charge in [-0.1, -0.05) is 13.8 Å². The molecule has 0 bridgehead atoms. The van der Waals surface area contributed by atoms with Crippen molar-refractivity contribution >= 4 is 5.91 Å². The molecule has 0 aliphatic heterocycles. The number of nitrogens with one attached hydrogen (secondary N) is 1. The summed E-state index contributed by atoms with van der Waals surface area (Å²) in [6, 6.07) is -0.377. The Morgan fingerprint density at radius 1 is 1.47 bits per heavy atom. The van der Waals surface area contributed by atoms with Crippen LogP contribution in [0.4, 0.5) is 0 Å². The zero-order valence-corrected chi connectivity index (χ0v) is 9.75. The van der Waals surface area contributed by atoms with Crippen molar-refractivity contribution in [1.82, 2.24) is 5.32 Å². The van der Waals surface area contributed by atoms with E-state index in [9.17, 15) is 4.79 Å². The smallest absolute Gasteiger partial charge is 0.236 e. The summed E-state index contributed by atoms with van der Waals surface area (Å²) in [5.74, 6) is 2.97. The van der Waals surface area contributed by atoms with Crippen molar-refractivity contribution in [3.05, 3.63) is 0 Å². The molecule has 0 radical (unpaired) electrons. The molecule has 0 spiro atoms. The number of terminal acetylenes is 1. The molecule has 1 amide bonds. The van der Waals surface area contributed by atoms with Crippen LogP contribution in [0.1, 0.15) is 39.5 Å². The Kier molecular flexibility index (Phi) is 7.75. The summed E-state index contributed by atoms with van der Waals surface area (Å²) in [4.78, 5) is 11.4. The first-order valence-corrected chi connectivity index (χ1v) is 5.54. The van der Waals surface area contributed by atoms with Gasteiger partial charge in [0.2, 0.25) is 5.91 Å². The van der Waals surface area contributed by atoms with Crippen LogP contribution >= 0.6 is 0 Å². The Hall–Kier alpha value is -1.01. The van der Waals surface area contributed by atoms with E-state index in [0.29, 0.717) is 12.5 Å². The van der Waals surface area contributed by atoms with Crippen molar-refractivity contribution in [2.45, 2.75) is 45.6 Å². The van der Waals surface area contributed by atoms with E-state index in [1.54, 1.807) is 0 Å². The number of nitrogens with two attached hydrogens (primary N) is 1. The fraction of sp³-hybridized carbons (Fsp3) is 0.750. The quantitative estimate of drug-likeness (QED) is 0.491. The van der Waals surface area contributed by atoms with Gasteiger partial charge in [-0.05, 0) is 25.2 Å². The van der Waals surface area contributed by atoms with Gasteiger partial charge in [0.25, 0.3) is 0 Å². The molecule has 86 valence electrons. The zero-order valence-electron chi connectivity index (χ0n) is 9.75. The summed E-state index contributed by atoms with van der Waals surface area (Å²) < 4.78 is 0. The van der Waals surface area contributed by atoms with Crippen molar-refractivity contribution in [1.29, 1.82) is 0 Å². The highest BCUT2D eigenvalue weighted by Crippen LogP contribution is 2.02. The molecule has 0 aliphatic rings. The lowest BCUT2D eigenvalue weighted by atomic mass is 10.0. The topological polar surface area (TPSA) is 55.1 Å². The van der Waals surface area contributed by atoms with Gasteiger partial charge in [-0.15, -0.1) is 12.3 Å². The van der Waals surface area contributed by atoms with Gasteiger partial charge in [-0.3, -0.25) is 4.79 Å². The third kappa shape index (κ3) is 8.02. The molecule has 1 atom stereocenters. The van der Waals surface area contributed by atoms with Crippen molar-refractivity contribution in [2.24, 2.45) is 11.7 Å². The molecular weight excluding hydrogens is 188 g/mol. The molecule has 0 aliphatic carbocycles. The molecule has 0 unspecified atom stereocenters. The van der Waals surface area contributed by atoms with Gasteiger partial charge in [0.1, 0.15) is 0 Å². The third-order valence-electron chi connectivity index (χ3n) is 2.11. The number of hydrogen-bond acceptors (Lipinski definition) is 2. The highest BCUT2D eigenvalue weighted by atomic mass is 16.2. The second kappa shape index (κ2) is 8.31. The highest BCUT2D eigenvalue weighted by Gasteiger charge is 2.13. The van der Waals surface area contributed by atoms with Crippen LogP contribution in [0.25, 0.3) is 0 Å². The zero-order chi connectivity index (χ0) is 11.7. The summed E-state index contributed by atoms with van der Waals surface area (Å²) in [6.45, 7) is 4.78. The first-order chi connectivity index (χ1) is 7.07. The van der Waals surface area contributed by atoms with E-state index < -0.39 is 0 Å². The molecule has 3 heteroatoms. The molecule has 0 saturated carbocycles. The molecule has 3 N–H and O–H groups in total. The van der Waals surface area contributed by atoms with Gasteiger partial charge in [0.15, 0.2) is 0 Å². The minimum atomic E-state index is -0.377. The summed E-state index contributed by atoms with van der Waals surface area (Å²) in [5.41, 5.74) is 5.71. The standard InChI is InChI=1S/C12H22N2O/c1-4-5-6-7-8-14-12(15)11(13)9-10(2)3/h1,10-11H,5-9,13H2,2-3H3,(H,14,15)/t11-/m0/s1. The molecule has 0 aromatic heterocycles. The average Bonchev–Trinajstić information content (AvgIpc) is 2.16. The van der Waals surface area contributed by atoms with Gasteiger partial charge >= 0.3 is 0 Å². The predicted octanol–water partition coefficient (Wildman–Crippen LogP) is 1.28. The molecule has 0 fully saturated rings. The molecule has 0 heterocycles. The number of rotatable bonds is 7. The number of hydrogen-bond donors (Lipinski definition) is 2. The van der Waals surface area contributed by atoms with Crippen molar-refractivity contribution in [2.75, 3.05) is 6.54 Å². The Labute approximate surface area is 92.8 Å². The largest absolute Gasteiger partial charge is 0.355 e. The first kappa shape index (κ1) is 14.0. The maximum atomic E-state index is 11.4. The molecule has 0 rings (SSSR count).